The molecule has 28 heavy (non-hydrogen) atoms. The molecule has 148 valence electrons. The molecule has 1 aliphatic rings. The highest BCUT2D eigenvalue weighted by Crippen LogP contribution is 2.38. The second-order valence-corrected chi connectivity index (χ2v) is 6.97. The van der Waals surface area contributed by atoms with Gasteiger partial charge in [-0.05, 0) is 44.9 Å². The number of aromatic nitrogens is 1. The Labute approximate surface area is 164 Å². The Bertz CT molecular complexity index is 869. The Morgan fingerprint density at radius 1 is 1.14 bits per heavy atom. The number of amides is 2. The van der Waals surface area contributed by atoms with Crippen molar-refractivity contribution in [3.8, 4) is 0 Å². The van der Waals surface area contributed by atoms with Crippen LogP contribution in [0.5, 0.6) is 0 Å². The molecule has 0 unspecified atom stereocenters. The van der Waals surface area contributed by atoms with E-state index in [0.717, 1.165) is 24.2 Å². The second kappa shape index (κ2) is 8.73. The van der Waals surface area contributed by atoms with Gasteiger partial charge in [-0.2, -0.15) is 0 Å². The van der Waals surface area contributed by atoms with E-state index in [1.807, 2.05) is 38.1 Å². The number of esters is 1. The predicted molar refractivity (Wildman–Crippen MR) is 106 cm³/mol. The zero-order valence-electron chi connectivity index (χ0n) is 16.2. The minimum atomic E-state index is -0.524. The zero-order chi connectivity index (χ0) is 20.1. The Morgan fingerprint density at radius 3 is 2.54 bits per heavy atom. The van der Waals surface area contributed by atoms with Crippen molar-refractivity contribution < 1.29 is 19.1 Å². The predicted octanol–water partition coefficient (Wildman–Crippen LogP) is 3.38. The minimum Gasteiger partial charge on any atom is -0.457 e. The van der Waals surface area contributed by atoms with E-state index in [9.17, 15) is 14.4 Å². The summed E-state index contributed by atoms with van der Waals surface area (Å²) in [6, 6.07) is 11.0. The summed E-state index contributed by atoms with van der Waals surface area (Å²) in [4.78, 5) is 36.0. The van der Waals surface area contributed by atoms with E-state index in [0.29, 0.717) is 17.3 Å². The van der Waals surface area contributed by atoms with E-state index in [-0.39, 0.29) is 25.4 Å². The normalized spacial score (nSPS) is 13.1. The van der Waals surface area contributed by atoms with Gasteiger partial charge in [0.1, 0.15) is 0 Å². The first-order valence-electron chi connectivity index (χ1n) is 9.43. The monoisotopic (exact) mass is 383 g/mol. The zero-order valence-corrected chi connectivity index (χ0v) is 16.2. The molecule has 2 aromatic rings. The van der Waals surface area contributed by atoms with Gasteiger partial charge in [-0.1, -0.05) is 18.2 Å². The SMILES string of the molecule is Cc1cc(C(=O)COC(=O)CCNC(=O)Nc2ccccc2)c(C)n1C1CC1. The lowest BCUT2D eigenvalue weighted by Gasteiger charge is -2.08. The number of nitrogens with zero attached hydrogens (tertiary/aromatic N) is 1. The van der Waals surface area contributed by atoms with Gasteiger partial charge in [-0.3, -0.25) is 9.59 Å². The maximum absolute atomic E-state index is 12.4. The number of carbonyl (C=O) groups excluding carboxylic acids is 3. The molecule has 7 heteroatoms. The lowest BCUT2D eigenvalue weighted by atomic mass is 10.1. The van der Waals surface area contributed by atoms with Crippen LogP contribution < -0.4 is 10.6 Å². The fourth-order valence-corrected chi connectivity index (χ4v) is 3.22. The third-order valence-electron chi connectivity index (χ3n) is 4.71. The van der Waals surface area contributed by atoms with E-state index < -0.39 is 12.0 Å². The highest BCUT2D eigenvalue weighted by atomic mass is 16.5. The number of carbonyl (C=O) groups is 3. The highest BCUT2D eigenvalue weighted by Gasteiger charge is 2.28. The number of rotatable bonds is 8. The molecule has 1 saturated carbocycles. The lowest BCUT2D eigenvalue weighted by Crippen LogP contribution is -2.31. The second-order valence-electron chi connectivity index (χ2n) is 6.97. The Hall–Kier alpha value is -3.09. The molecule has 1 aromatic heterocycles. The molecule has 0 radical (unpaired) electrons. The molecule has 7 nitrogen and oxygen atoms in total. The summed E-state index contributed by atoms with van der Waals surface area (Å²) in [6.07, 6.45) is 2.28. The summed E-state index contributed by atoms with van der Waals surface area (Å²) in [7, 11) is 0. The number of nitrogens with one attached hydrogen (secondary N) is 2. The molecule has 0 bridgehead atoms. The van der Waals surface area contributed by atoms with Crippen molar-refractivity contribution in [1.82, 2.24) is 9.88 Å². The maximum Gasteiger partial charge on any atom is 0.319 e. The molecule has 0 atom stereocenters. The molecule has 2 N–H and O–H groups in total. The van der Waals surface area contributed by atoms with Crippen molar-refractivity contribution in [2.24, 2.45) is 0 Å². The van der Waals surface area contributed by atoms with E-state index >= 15 is 0 Å². The molecule has 0 aliphatic heterocycles. The van der Waals surface area contributed by atoms with Crippen LogP contribution in [-0.4, -0.2) is 35.5 Å². The van der Waals surface area contributed by atoms with Crippen LogP contribution in [0.1, 0.15) is 47.1 Å². The first-order chi connectivity index (χ1) is 13.5. The van der Waals surface area contributed by atoms with E-state index in [2.05, 4.69) is 15.2 Å². The van der Waals surface area contributed by atoms with Crippen LogP contribution in [0.3, 0.4) is 0 Å². The third kappa shape index (κ3) is 5.00. The van der Waals surface area contributed by atoms with E-state index in [1.54, 1.807) is 12.1 Å². The summed E-state index contributed by atoms with van der Waals surface area (Å²) >= 11 is 0. The number of benzene rings is 1. The number of hydrogen-bond acceptors (Lipinski definition) is 4. The van der Waals surface area contributed by atoms with Gasteiger partial charge in [-0.15, -0.1) is 0 Å². The third-order valence-corrected chi connectivity index (χ3v) is 4.71. The number of hydrogen-bond donors (Lipinski definition) is 2. The van der Waals surface area contributed by atoms with Crippen LogP contribution in [0, 0.1) is 13.8 Å². The Kier molecular flexibility index (Phi) is 6.13. The Balaban J connectivity index is 1.39. The summed E-state index contributed by atoms with van der Waals surface area (Å²) in [5.74, 6) is -0.729. The van der Waals surface area contributed by atoms with Crippen molar-refractivity contribution >= 4 is 23.5 Å². The number of ketones is 1. The number of para-hydroxylation sites is 1. The molecule has 1 aromatic carbocycles. The molecule has 3 rings (SSSR count). The van der Waals surface area contributed by atoms with Gasteiger partial charge in [-0.25, -0.2) is 4.79 Å². The van der Waals surface area contributed by atoms with Gasteiger partial charge in [0.05, 0.1) is 6.42 Å². The van der Waals surface area contributed by atoms with Crippen molar-refractivity contribution in [1.29, 1.82) is 0 Å². The quantitative estimate of drug-likeness (QED) is 0.540. The smallest absolute Gasteiger partial charge is 0.319 e. The van der Waals surface area contributed by atoms with Gasteiger partial charge in [0.15, 0.2) is 6.61 Å². The van der Waals surface area contributed by atoms with E-state index in [1.165, 1.54) is 0 Å². The van der Waals surface area contributed by atoms with Crippen LogP contribution in [0.2, 0.25) is 0 Å². The first kappa shape index (κ1) is 19.7. The average molecular weight is 383 g/mol. The maximum atomic E-state index is 12.4. The molecular weight excluding hydrogens is 358 g/mol. The number of ether oxygens (including phenoxy) is 1. The molecule has 0 spiro atoms. The number of urea groups is 1. The fraction of sp³-hybridized carbons (Fsp3) is 0.381. The fourth-order valence-electron chi connectivity index (χ4n) is 3.22. The highest BCUT2D eigenvalue weighted by molar-refractivity contribution is 5.99. The topological polar surface area (TPSA) is 89.4 Å². The van der Waals surface area contributed by atoms with Crippen molar-refractivity contribution in [3.05, 3.63) is 53.3 Å². The Morgan fingerprint density at radius 2 is 1.86 bits per heavy atom. The first-order valence-corrected chi connectivity index (χ1v) is 9.43. The summed E-state index contributed by atoms with van der Waals surface area (Å²) < 4.78 is 7.25. The molecule has 1 heterocycles. The largest absolute Gasteiger partial charge is 0.457 e. The standard InChI is InChI=1S/C21H25N3O4/c1-14-12-18(15(2)24(14)17-8-9-17)19(25)13-28-20(26)10-11-22-21(27)23-16-6-4-3-5-7-16/h3-7,12,17H,8-11,13H2,1-2H3,(H2,22,23,27). The van der Waals surface area contributed by atoms with E-state index in [4.69, 9.17) is 4.74 Å². The van der Waals surface area contributed by atoms with Crippen LogP contribution in [0.25, 0.3) is 0 Å². The average Bonchev–Trinajstić information content (AvgIpc) is 3.45. The summed E-state index contributed by atoms with van der Waals surface area (Å²) in [6.45, 7) is 3.75. The van der Waals surface area contributed by atoms with Crippen molar-refractivity contribution in [2.45, 2.75) is 39.2 Å². The van der Waals surface area contributed by atoms with Gasteiger partial charge < -0.3 is 19.9 Å². The van der Waals surface area contributed by atoms with Gasteiger partial charge in [0.2, 0.25) is 5.78 Å². The van der Waals surface area contributed by atoms with Crippen LogP contribution in [0.15, 0.2) is 36.4 Å². The van der Waals surface area contributed by atoms with Crippen molar-refractivity contribution in [2.75, 3.05) is 18.5 Å². The number of anilines is 1. The van der Waals surface area contributed by atoms with Gasteiger partial charge in [0.25, 0.3) is 0 Å². The number of Topliss-reactive ketones (excluding diaryl/α,β-unsaturated/α-hetero) is 1. The molecule has 1 aliphatic carbocycles. The molecule has 2 amide bonds. The minimum absolute atomic E-state index is 0.00339. The summed E-state index contributed by atoms with van der Waals surface area (Å²) in [5.41, 5.74) is 3.26. The molecule has 0 saturated heterocycles. The van der Waals surface area contributed by atoms with Crippen LogP contribution in [0.4, 0.5) is 10.5 Å². The van der Waals surface area contributed by atoms with Gasteiger partial charge >= 0.3 is 12.0 Å². The van der Waals surface area contributed by atoms with Crippen LogP contribution in [-0.2, 0) is 9.53 Å². The molecule has 1 fully saturated rings. The van der Waals surface area contributed by atoms with Gasteiger partial charge in [0, 0.05) is 35.2 Å². The molecular formula is C21H25N3O4. The lowest BCUT2D eigenvalue weighted by molar-refractivity contribution is -0.142. The van der Waals surface area contributed by atoms with Crippen molar-refractivity contribution in [3.63, 3.8) is 0 Å². The number of aryl methyl sites for hydroxylation is 1. The summed E-state index contributed by atoms with van der Waals surface area (Å²) in [5, 5.41) is 5.24. The van der Waals surface area contributed by atoms with Crippen LogP contribution >= 0.6 is 0 Å².